The smallest absolute Gasteiger partial charge is 0.264 e. The lowest BCUT2D eigenvalue weighted by molar-refractivity contribution is -0.132. The van der Waals surface area contributed by atoms with Crippen molar-refractivity contribution in [2.45, 2.75) is 26.4 Å². The molecule has 156 valence electrons. The topological polar surface area (TPSA) is 53.5 Å². The fourth-order valence-electron chi connectivity index (χ4n) is 3.04. The van der Waals surface area contributed by atoms with Crippen LogP contribution in [0.5, 0.6) is 0 Å². The lowest BCUT2D eigenvalue weighted by atomic mass is 10.1. The van der Waals surface area contributed by atoms with Crippen LogP contribution in [0.15, 0.2) is 64.7 Å². The second-order valence-corrected chi connectivity index (χ2v) is 9.51. The number of thiophene rings is 1. The number of aryl methyl sites for hydroxylation is 1. The monoisotopic (exact) mass is 485 g/mol. The average Bonchev–Trinajstić information content (AvgIpc) is 3.20. The Morgan fingerprint density at radius 3 is 2.30 bits per heavy atom. The van der Waals surface area contributed by atoms with E-state index in [1.165, 1.54) is 21.8 Å². The number of aromatic nitrogens is 1. The highest BCUT2D eigenvalue weighted by Crippen LogP contribution is 2.23. The molecule has 0 atom stereocenters. The molecule has 5 nitrogen and oxygen atoms in total. The highest BCUT2D eigenvalue weighted by atomic mass is 79.9. The largest absolute Gasteiger partial charge is 0.332 e. The molecule has 1 aromatic carbocycles. The highest BCUT2D eigenvalue weighted by Gasteiger charge is 2.21. The molecule has 2 aromatic heterocycles. The molecule has 0 radical (unpaired) electrons. The van der Waals surface area contributed by atoms with Gasteiger partial charge in [-0.3, -0.25) is 14.6 Å². The molecular formula is C23H24BrN3O2S. The summed E-state index contributed by atoms with van der Waals surface area (Å²) in [5.74, 6) is -0.266. The van der Waals surface area contributed by atoms with Gasteiger partial charge in [-0.05, 0) is 57.2 Å². The van der Waals surface area contributed by atoms with Crippen molar-refractivity contribution in [1.82, 2.24) is 14.8 Å². The summed E-state index contributed by atoms with van der Waals surface area (Å²) in [5, 5.41) is 0. The van der Waals surface area contributed by atoms with Gasteiger partial charge in [0.05, 0.1) is 15.2 Å². The number of carbonyl (C=O) groups excluding carboxylic acids is 2. The van der Waals surface area contributed by atoms with Crippen LogP contribution in [0.4, 0.5) is 0 Å². The molecule has 30 heavy (non-hydrogen) atoms. The van der Waals surface area contributed by atoms with Crippen molar-refractivity contribution in [3.8, 4) is 0 Å². The predicted octanol–water partition coefficient (Wildman–Crippen LogP) is 4.77. The van der Waals surface area contributed by atoms with Gasteiger partial charge >= 0.3 is 0 Å². The highest BCUT2D eigenvalue weighted by molar-refractivity contribution is 9.11. The molecule has 0 fully saturated rings. The molecule has 0 aliphatic carbocycles. The van der Waals surface area contributed by atoms with Gasteiger partial charge in [-0.25, -0.2) is 0 Å². The lowest BCUT2D eigenvalue weighted by Gasteiger charge is -2.26. The van der Waals surface area contributed by atoms with E-state index in [4.69, 9.17) is 0 Å². The molecule has 0 saturated heterocycles. The summed E-state index contributed by atoms with van der Waals surface area (Å²) in [6, 6.07) is 15.7. The number of benzene rings is 1. The molecule has 0 bridgehead atoms. The lowest BCUT2D eigenvalue weighted by Crippen LogP contribution is -2.40. The summed E-state index contributed by atoms with van der Waals surface area (Å²) in [4.78, 5) is 33.8. The third kappa shape index (κ3) is 6.00. The quantitative estimate of drug-likeness (QED) is 0.461. The zero-order chi connectivity index (χ0) is 21.5. The Morgan fingerprint density at radius 1 is 1.00 bits per heavy atom. The van der Waals surface area contributed by atoms with Crippen LogP contribution < -0.4 is 0 Å². The van der Waals surface area contributed by atoms with E-state index in [1.807, 2.05) is 18.2 Å². The molecule has 3 rings (SSSR count). The van der Waals surface area contributed by atoms with Crippen LogP contribution in [0, 0.1) is 0 Å². The first kappa shape index (κ1) is 22.2. The van der Waals surface area contributed by atoms with Crippen molar-refractivity contribution in [2.75, 3.05) is 13.6 Å². The maximum Gasteiger partial charge on any atom is 0.264 e. The van der Waals surface area contributed by atoms with Gasteiger partial charge in [0.2, 0.25) is 5.91 Å². The number of rotatable bonds is 8. The van der Waals surface area contributed by atoms with E-state index >= 15 is 0 Å². The minimum absolute atomic E-state index is 0.0155. The summed E-state index contributed by atoms with van der Waals surface area (Å²) in [5.41, 5.74) is 3.27. The normalized spacial score (nSPS) is 10.6. The van der Waals surface area contributed by atoms with Gasteiger partial charge in [-0.15, -0.1) is 11.3 Å². The summed E-state index contributed by atoms with van der Waals surface area (Å²) in [7, 11) is 1.66. The number of carbonyl (C=O) groups is 2. The summed E-state index contributed by atoms with van der Waals surface area (Å²) < 4.78 is 0.888. The number of pyridine rings is 1. The number of hydrogen-bond acceptors (Lipinski definition) is 4. The van der Waals surface area contributed by atoms with E-state index in [0.29, 0.717) is 18.0 Å². The van der Waals surface area contributed by atoms with Gasteiger partial charge in [-0.1, -0.05) is 37.3 Å². The van der Waals surface area contributed by atoms with E-state index in [-0.39, 0.29) is 18.4 Å². The predicted molar refractivity (Wildman–Crippen MR) is 123 cm³/mol. The number of halogens is 1. The first-order chi connectivity index (χ1) is 14.5. The maximum absolute atomic E-state index is 13.1. The minimum atomic E-state index is -0.160. The van der Waals surface area contributed by atoms with Gasteiger partial charge in [-0.2, -0.15) is 0 Å². The third-order valence-corrected chi connectivity index (χ3v) is 6.37. The first-order valence-electron chi connectivity index (χ1n) is 9.71. The molecule has 0 unspecified atom stereocenters. The van der Waals surface area contributed by atoms with Crippen LogP contribution in [0.3, 0.4) is 0 Å². The van der Waals surface area contributed by atoms with Crippen molar-refractivity contribution in [1.29, 1.82) is 0 Å². The molecule has 0 saturated carbocycles. The second-order valence-electron chi connectivity index (χ2n) is 7.05. The van der Waals surface area contributed by atoms with E-state index in [1.54, 1.807) is 30.4 Å². The molecule has 2 heterocycles. The summed E-state index contributed by atoms with van der Waals surface area (Å²) in [6.07, 6.45) is 4.45. The molecule has 0 N–H and O–H groups in total. The molecule has 0 aliphatic heterocycles. The van der Waals surface area contributed by atoms with Gasteiger partial charge in [0.15, 0.2) is 0 Å². The Hall–Kier alpha value is -2.51. The molecule has 7 heteroatoms. The zero-order valence-electron chi connectivity index (χ0n) is 17.0. The molecular weight excluding hydrogens is 462 g/mol. The van der Waals surface area contributed by atoms with Gasteiger partial charge < -0.3 is 9.80 Å². The van der Waals surface area contributed by atoms with Crippen molar-refractivity contribution >= 4 is 39.1 Å². The Kier molecular flexibility index (Phi) is 7.76. The zero-order valence-corrected chi connectivity index (χ0v) is 19.4. The molecule has 0 aliphatic rings. The summed E-state index contributed by atoms with van der Waals surface area (Å²) >= 11 is 4.74. The second kappa shape index (κ2) is 10.5. The van der Waals surface area contributed by atoms with E-state index in [0.717, 1.165) is 21.3 Å². The van der Waals surface area contributed by atoms with E-state index in [2.05, 4.69) is 52.1 Å². The van der Waals surface area contributed by atoms with Crippen molar-refractivity contribution < 1.29 is 9.59 Å². The van der Waals surface area contributed by atoms with Crippen LogP contribution >= 0.6 is 27.3 Å². The number of amides is 2. The Balaban J connectivity index is 1.73. The number of hydrogen-bond donors (Lipinski definition) is 0. The SMILES string of the molecule is CCc1ccc(CN(Cc2cccnc2)C(=O)CN(C)C(=O)c2ccc(Br)s2)cc1. The fourth-order valence-corrected chi connectivity index (χ4v) is 4.42. The minimum Gasteiger partial charge on any atom is -0.332 e. The number of likely N-dealkylation sites (N-methyl/N-ethyl adjacent to an activating group) is 1. The molecule has 0 spiro atoms. The van der Waals surface area contributed by atoms with Gasteiger partial charge in [0.25, 0.3) is 5.91 Å². The standard InChI is InChI=1S/C23H24BrN3O2S/c1-3-17-6-8-18(9-7-17)14-27(15-19-5-4-12-25-13-19)22(28)16-26(2)23(29)20-10-11-21(24)30-20/h4-13H,3,14-16H2,1-2H3. The van der Waals surface area contributed by atoms with Crippen LogP contribution in [0.2, 0.25) is 0 Å². The van der Waals surface area contributed by atoms with Crippen molar-refractivity contribution in [3.05, 3.63) is 86.3 Å². The average molecular weight is 486 g/mol. The van der Waals surface area contributed by atoms with Crippen LogP contribution in [-0.4, -0.2) is 40.2 Å². The van der Waals surface area contributed by atoms with Gasteiger partial charge in [0, 0.05) is 32.5 Å². The van der Waals surface area contributed by atoms with E-state index in [9.17, 15) is 9.59 Å². The molecule has 2 amide bonds. The maximum atomic E-state index is 13.1. The Bertz CT molecular complexity index is 989. The van der Waals surface area contributed by atoms with Crippen LogP contribution in [-0.2, 0) is 24.3 Å². The van der Waals surface area contributed by atoms with Gasteiger partial charge in [0.1, 0.15) is 0 Å². The van der Waals surface area contributed by atoms with Crippen molar-refractivity contribution in [3.63, 3.8) is 0 Å². The van der Waals surface area contributed by atoms with Crippen LogP contribution in [0.1, 0.15) is 33.3 Å². The Morgan fingerprint density at radius 2 is 1.70 bits per heavy atom. The van der Waals surface area contributed by atoms with E-state index < -0.39 is 0 Å². The fraction of sp³-hybridized carbons (Fsp3) is 0.261. The first-order valence-corrected chi connectivity index (χ1v) is 11.3. The molecule has 3 aromatic rings. The van der Waals surface area contributed by atoms with Crippen LogP contribution in [0.25, 0.3) is 0 Å². The van der Waals surface area contributed by atoms with Crippen molar-refractivity contribution in [2.24, 2.45) is 0 Å². The number of nitrogens with zero attached hydrogens (tertiary/aromatic N) is 3. The Labute approximate surface area is 189 Å². The summed E-state index contributed by atoms with van der Waals surface area (Å²) in [6.45, 7) is 3.05. The third-order valence-electron chi connectivity index (χ3n) is 4.76.